The third kappa shape index (κ3) is 4.19. The number of nitrogens with one attached hydrogen (secondary N) is 2. The molecule has 164 valence electrons. The number of pyridine rings is 2. The van der Waals surface area contributed by atoms with Crippen LogP contribution in [0.5, 0.6) is 0 Å². The maximum Gasteiger partial charge on any atom is 0.255 e. The number of benzene rings is 2. The first-order valence-electron chi connectivity index (χ1n) is 9.99. The van der Waals surface area contributed by atoms with Crippen LogP contribution in [0.15, 0.2) is 59.5 Å². The predicted octanol–water partition coefficient (Wildman–Crippen LogP) is 3.57. The predicted molar refractivity (Wildman–Crippen MR) is 127 cm³/mol. The third-order valence-electron chi connectivity index (χ3n) is 5.10. The summed E-state index contributed by atoms with van der Waals surface area (Å²) in [6.07, 6.45) is 3.09. The second-order valence-corrected chi connectivity index (χ2v) is 9.32. The van der Waals surface area contributed by atoms with Gasteiger partial charge in [0.1, 0.15) is 0 Å². The van der Waals surface area contributed by atoms with Crippen molar-refractivity contribution in [3.8, 4) is 5.69 Å². The maximum absolute atomic E-state index is 13.0. The minimum atomic E-state index is -3.47. The highest BCUT2D eigenvalue weighted by Gasteiger charge is 2.13. The van der Waals surface area contributed by atoms with Gasteiger partial charge in [-0.25, -0.2) is 8.42 Å². The van der Waals surface area contributed by atoms with E-state index in [0.29, 0.717) is 45.3 Å². The van der Waals surface area contributed by atoms with E-state index in [-0.39, 0.29) is 11.5 Å². The molecule has 0 saturated heterocycles. The van der Waals surface area contributed by atoms with Gasteiger partial charge >= 0.3 is 0 Å². The van der Waals surface area contributed by atoms with Crippen LogP contribution < -0.4 is 15.6 Å². The fourth-order valence-corrected chi connectivity index (χ4v) is 4.12. The number of anilines is 2. The van der Waals surface area contributed by atoms with Crippen molar-refractivity contribution in [1.29, 1.82) is 0 Å². The number of aromatic nitrogens is 2. The molecule has 2 N–H and O–H groups in total. The van der Waals surface area contributed by atoms with E-state index in [4.69, 9.17) is 0 Å². The number of nitrogens with zero attached hydrogens (tertiary/aromatic N) is 2. The minimum absolute atomic E-state index is 0.123. The quantitative estimate of drug-likeness (QED) is 0.452. The van der Waals surface area contributed by atoms with Crippen molar-refractivity contribution in [3.05, 3.63) is 70.6 Å². The van der Waals surface area contributed by atoms with E-state index in [1.54, 1.807) is 48.0 Å². The Morgan fingerprint density at radius 1 is 1.09 bits per heavy atom. The topological polar surface area (TPSA) is 110 Å². The second kappa shape index (κ2) is 8.08. The first-order valence-corrected chi connectivity index (χ1v) is 11.9. The molecular weight excluding hydrogens is 428 g/mol. The van der Waals surface area contributed by atoms with E-state index in [2.05, 4.69) is 15.0 Å². The fourth-order valence-electron chi connectivity index (χ4n) is 3.57. The van der Waals surface area contributed by atoms with Gasteiger partial charge in [0.05, 0.1) is 23.0 Å². The van der Waals surface area contributed by atoms with Gasteiger partial charge in [-0.1, -0.05) is 13.0 Å². The number of fused-ring (bicyclic) bond motifs is 3. The molecule has 2 aromatic carbocycles. The maximum atomic E-state index is 13.0. The number of hydrogen-bond donors (Lipinski definition) is 2. The summed E-state index contributed by atoms with van der Waals surface area (Å²) in [5, 5.41) is 4.20. The zero-order valence-corrected chi connectivity index (χ0v) is 18.7. The minimum Gasteiger partial charge on any atom is -0.326 e. The van der Waals surface area contributed by atoms with Gasteiger partial charge < -0.3 is 5.32 Å². The largest absolute Gasteiger partial charge is 0.326 e. The zero-order valence-electron chi connectivity index (χ0n) is 17.8. The highest BCUT2D eigenvalue weighted by Crippen LogP contribution is 2.28. The molecular formula is C23H22N4O4S. The Kier molecular flexibility index (Phi) is 5.43. The van der Waals surface area contributed by atoms with E-state index in [1.165, 1.54) is 6.07 Å². The molecule has 32 heavy (non-hydrogen) atoms. The van der Waals surface area contributed by atoms with Crippen molar-refractivity contribution in [2.24, 2.45) is 0 Å². The van der Waals surface area contributed by atoms with E-state index in [1.807, 2.05) is 19.1 Å². The first-order chi connectivity index (χ1) is 15.2. The van der Waals surface area contributed by atoms with Crippen molar-refractivity contribution >= 4 is 49.1 Å². The van der Waals surface area contributed by atoms with Crippen LogP contribution in [-0.2, 0) is 14.8 Å². The molecule has 0 spiro atoms. The number of carbonyl (C=O) groups is 1. The Balaban J connectivity index is 2.02. The Bertz CT molecular complexity index is 1540. The average molecular weight is 451 g/mol. The van der Waals surface area contributed by atoms with Crippen LogP contribution in [-0.4, -0.2) is 30.1 Å². The summed E-state index contributed by atoms with van der Waals surface area (Å²) in [5.41, 5.74) is 3.39. The van der Waals surface area contributed by atoms with Gasteiger partial charge in [-0.15, -0.1) is 0 Å². The van der Waals surface area contributed by atoms with Crippen LogP contribution in [0.4, 0.5) is 11.4 Å². The summed E-state index contributed by atoms with van der Waals surface area (Å²) < 4.78 is 27.4. The molecule has 4 rings (SSSR count). The van der Waals surface area contributed by atoms with Gasteiger partial charge in [0, 0.05) is 40.8 Å². The van der Waals surface area contributed by atoms with Crippen molar-refractivity contribution < 1.29 is 13.2 Å². The van der Waals surface area contributed by atoms with E-state index < -0.39 is 10.0 Å². The lowest BCUT2D eigenvalue weighted by Crippen LogP contribution is -2.18. The Morgan fingerprint density at radius 2 is 1.88 bits per heavy atom. The number of sulfonamides is 1. The molecule has 0 radical (unpaired) electrons. The highest BCUT2D eigenvalue weighted by molar-refractivity contribution is 7.92. The van der Waals surface area contributed by atoms with E-state index in [9.17, 15) is 18.0 Å². The first kappa shape index (κ1) is 21.5. The summed E-state index contributed by atoms with van der Waals surface area (Å²) >= 11 is 0. The Labute approximate surface area is 185 Å². The molecule has 0 aliphatic carbocycles. The third-order valence-corrected chi connectivity index (χ3v) is 5.70. The van der Waals surface area contributed by atoms with Crippen LogP contribution in [0.2, 0.25) is 0 Å². The van der Waals surface area contributed by atoms with Gasteiger partial charge in [0.25, 0.3) is 5.56 Å². The number of amides is 1. The molecule has 0 aliphatic rings. The van der Waals surface area contributed by atoms with Gasteiger partial charge in [-0.05, 0) is 48.9 Å². The molecule has 0 unspecified atom stereocenters. The number of aryl methyl sites for hydroxylation is 1. The molecule has 8 nitrogen and oxygen atoms in total. The zero-order chi connectivity index (χ0) is 23.0. The molecule has 1 amide bonds. The lowest BCUT2D eigenvalue weighted by molar-refractivity contribution is -0.115. The van der Waals surface area contributed by atoms with Gasteiger partial charge in [-0.3, -0.25) is 23.9 Å². The molecule has 0 fully saturated rings. The number of carbonyl (C=O) groups excluding carboxylic acids is 1. The summed E-state index contributed by atoms with van der Waals surface area (Å²) in [6.45, 7) is 3.65. The molecule has 4 aromatic rings. The van der Waals surface area contributed by atoms with Gasteiger partial charge in [0.15, 0.2) is 0 Å². The van der Waals surface area contributed by atoms with Crippen LogP contribution >= 0.6 is 0 Å². The standard InChI is InChI=1S/C23H22N4O4S/c1-4-21(28)25-20-12-17(8-5-14(20)2)27-22(29)10-6-15-13-24-19-9-7-16(26-32(3,30)31)11-18(19)23(15)27/h5-13,26H,4H2,1-3H3,(H,25,28). The average Bonchev–Trinajstić information content (AvgIpc) is 2.74. The molecule has 0 atom stereocenters. The van der Waals surface area contributed by atoms with Crippen LogP contribution in [0.3, 0.4) is 0 Å². The molecule has 9 heteroatoms. The fraction of sp³-hybridized carbons (Fsp3) is 0.174. The van der Waals surface area contributed by atoms with Crippen molar-refractivity contribution in [2.45, 2.75) is 20.3 Å². The van der Waals surface area contributed by atoms with Gasteiger partial charge in [0.2, 0.25) is 15.9 Å². The molecule has 2 heterocycles. The summed E-state index contributed by atoms with van der Waals surface area (Å²) in [5.74, 6) is -0.123. The Morgan fingerprint density at radius 3 is 2.59 bits per heavy atom. The van der Waals surface area contributed by atoms with Crippen LogP contribution in [0, 0.1) is 6.92 Å². The van der Waals surface area contributed by atoms with Crippen molar-refractivity contribution in [1.82, 2.24) is 9.55 Å². The second-order valence-electron chi connectivity index (χ2n) is 7.58. The van der Waals surface area contributed by atoms with Crippen LogP contribution in [0.1, 0.15) is 18.9 Å². The van der Waals surface area contributed by atoms with Crippen molar-refractivity contribution in [3.63, 3.8) is 0 Å². The Hall–Kier alpha value is -3.72. The van der Waals surface area contributed by atoms with E-state index >= 15 is 0 Å². The summed E-state index contributed by atoms with van der Waals surface area (Å²) in [4.78, 5) is 29.4. The van der Waals surface area contributed by atoms with Gasteiger partial charge in [-0.2, -0.15) is 0 Å². The summed E-state index contributed by atoms with van der Waals surface area (Å²) in [6, 6.07) is 13.5. The number of rotatable bonds is 5. The summed E-state index contributed by atoms with van der Waals surface area (Å²) in [7, 11) is -3.47. The monoisotopic (exact) mass is 450 g/mol. The van der Waals surface area contributed by atoms with E-state index in [0.717, 1.165) is 11.8 Å². The van der Waals surface area contributed by atoms with Crippen molar-refractivity contribution in [2.75, 3.05) is 16.3 Å². The molecule has 0 bridgehead atoms. The molecule has 0 aliphatic heterocycles. The SMILES string of the molecule is CCC(=O)Nc1cc(-n2c(=O)ccc3cnc4ccc(NS(C)(=O)=O)cc4c32)ccc1C. The molecule has 0 saturated carbocycles. The van der Waals surface area contributed by atoms with Crippen LogP contribution in [0.25, 0.3) is 27.5 Å². The number of hydrogen-bond acceptors (Lipinski definition) is 5. The lowest BCUT2D eigenvalue weighted by Gasteiger charge is -2.15. The highest BCUT2D eigenvalue weighted by atomic mass is 32.2. The molecule has 2 aromatic heterocycles. The smallest absolute Gasteiger partial charge is 0.255 e. The lowest BCUT2D eigenvalue weighted by atomic mass is 10.1. The normalized spacial score (nSPS) is 11.6.